The van der Waals surface area contributed by atoms with Gasteiger partial charge in [0.1, 0.15) is 5.52 Å². The van der Waals surface area contributed by atoms with Gasteiger partial charge in [-0.3, -0.25) is 0 Å². The van der Waals surface area contributed by atoms with Gasteiger partial charge in [0.05, 0.1) is 0 Å². The fraction of sp³-hybridized carbons (Fsp3) is 0.462. The van der Waals surface area contributed by atoms with Crippen LogP contribution in [0.1, 0.15) is 32.6 Å². The van der Waals surface area contributed by atoms with Gasteiger partial charge < -0.3 is 10.2 Å². The molecular formula is C13H18N2OS. The third kappa shape index (κ3) is 3.40. The van der Waals surface area contributed by atoms with Crippen molar-refractivity contribution in [1.29, 1.82) is 0 Å². The third-order valence-corrected chi connectivity index (χ3v) is 3.53. The number of anilines is 1. The number of nitrogens with zero attached hydrogens (tertiary/aromatic N) is 1. The van der Waals surface area contributed by atoms with Gasteiger partial charge in [-0.1, -0.05) is 37.9 Å². The van der Waals surface area contributed by atoms with E-state index < -0.39 is 0 Å². The Morgan fingerprint density at radius 2 is 2.18 bits per heavy atom. The number of fused-ring (bicyclic) bond motifs is 1. The highest BCUT2D eigenvalue weighted by Gasteiger charge is 2.05. The van der Waals surface area contributed by atoms with E-state index >= 15 is 0 Å². The minimum Gasteiger partial charge on any atom is -0.431 e. The van der Waals surface area contributed by atoms with E-state index in [-0.39, 0.29) is 0 Å². The van der Waals surface area contributed by atoms with E-state index in [0.29, 0.717) is 0 Å². The van der Waals surface area contributed by atoms with Crippen LogP contribution >= 0.6 is 11.8 Å². The van der Waals surface area contributed by atoms with Crippen molar-refractivity contribution in [3.8, 4) is 0 Å². The Kier molecular flexibility index (Phi) is 4.31. The molecule has 0 fully saturated rings. The molecule has 0 radical (unpaired) electrons. The normalized spacial score (nSPS) is 11.1. The zero-order valence-corrected chi connectivity index (χ0v) is 10.9. The van der Waals surface area contributed by atoms with Crippen LogP contribution < -0.4 is 5.73 Å². The van der Waals surface area contributed by atoms with Gasteiger partial charge in [0.25, 0.3) is 5.22 Å². The van der Waals surface area contributed by atoms with Crippen molar-refractivity contribution in [3.05, 3.63) is 18.2 Å². The summed E-state index contributed by atoms with van der Waals surface area (Å²) in [6, 6.07) is 5.56. The van der Waals surface area contributed by atoms with Gasteiger partial charge in [0, 0.05) is 11.4 Å². The Hall–Kier alpha value is -1.16. The van der Waals surface area contributed by atoms with E-state index in [4.69, 9.17) is 10.2 Å². The van der Waals surface area contributed by atoms with Gasteiger partial charge in [0.2, 0.25) is 0 Å². The molecule has 0 aliphatic rings. The van der Waals surface area contributed by atoms with Crippen LogP contribution in [0.25, 0.3) is 11.1 Å². The van der Waals surface area contributed by atoms with Gasteiger partial charge in [-0.15, -0.1) is 0 Å². The maximum atomic E-state index is 5.70. The van der Waals surface area contributed by atoms with Crippen molar-refractivity contribution in [3.63, 3.8) is 0 Å². The van der Waals surface area contributed by atoms with E-state index in [1.165, 1.54) is 25.7 Å². The second kappa shape index (κ2) is 5.96. The summed E-state index contributed by atoms with van der Waals surface area (Å²) in [6.07, 6.45) is 5.09. The first-order chi connectivity index (χ1) is 8.29. The molecule has 2 rings (SSSR count). The zero-order chi connectivity index (χ0) is 12.1. The van der Waals surface area contributed by atoms with Crippen LogP contribution in [0.3, 0.4) is 0 Å². The van der Waals surface area contributed by atoms with Crippen LogP contribution in [0.15, 0.2) is 27.8 Å². The molecule has 2 aromatic rings. The first kappa shape index (κ1) is 12.3. The lowest BCUT2D eigenvalue weighted by atomic mass is 10.2. The molecule has 1 aromatic carbocycles. The number of hydrogen-bond donors (Lipinski definition) is 1. The van der Waals surface area contributed by atoms with Crippen molar-refractivity contribution in [2.75, 3.05) is 11.5 Å². The Morgan fingerprint density at radius 1 is 1.29 bits per heavy atom. The number of nitrogen functional groups attached to an aromatic ring is 1. The second-order valence-electron chi connectivity index (χ2n) is 4.12. The van der Waals surface area contributed by atoms with Crippen LogP contribution in [0, 0.1) is 0 Å². The number of oxazole rings is 1. The van der Waals surface area contributed by atoms with Crippen molar-refractivity contribution >= 4 is 28.5 Å². The molecule has 0 unspecified atom stereocenters. The maximum absolute atomic E-state index is 5.70. The van der Waals surface area contributed by atoms with Gasteiger partial charge >= 0.3 is 0 Å². The number of hydrogen-bond acceptors (Lipinski definition) is 4. The predicted octanol–water partition coefficient (Wildman–Crippen LogP) is 4.08. The highest BCUT2D eigenvalue weighted by Crippen LogP contribution is 2.25. The minimum absolute atomic E-state index is 0.727. The molecule has 4 heteroatoms. The van der Waals surface area contributed by atoms with Crippen molar-refractivity contribution < 1.29 is 4.42 Å². The van der Waals surface area contributed by atoms with E-state index in [2.05, 4.69) is 11.9 Å². The first-order valence-corrected chi connectivity index (χ1v) is 7.07. The number of thioether (sulfide) groups is 1. The summed E-state index contributed by atoms with van der Waals surface area (Å²) in [5.74, 6) is 1.07. The SMILES string of the molecule is CCCCCCSc1nc2cc(N)ccc2o1. The Bertz CT molecular complexity index is 481. The van der Waals surface area contributed by atoms with Crippen LogP contribution in [-0.2, 0) is 0 Å². The average molecular weight is 250 g/mol. The van der Waals surface area contributed by atoms with Gasteiger partial charge in [-0.05, 0) is 24.6 Å². The summed E-state index contributed by atoms with van der Waals surface area (Å²) in [4.78, 5) is 4.41. The molecule has 92 valence electrons. The van der Waals surface area contributed by atoms with Crippen molar-refractivity contribution in [2.24, 2.45) is 0 Å². The van der Waals surface area contributed by atoms with Crippen LogP contribution in [0.4, 0.5) is 5.69 Å². The van der Waals surface area contributed by atoms with Crippen molar-refractivity contribution in [2.45, 2.75) is 37.8 Å². The topological polar surface area (TPSA) is 52.0 Å². The lowest BCUT2D eigenvalue weighted by molar-refractivity contribution is 0.489. The molecule has 0 spiro atoms. The first-order valence-electron chi connectivity index (χ1n) is 6.08. The smallest absolute Gasteiger partial charge is 0.256 e. The molecule has 0 saturated heterocycles. The van der Waals surface area contributed by atoms with Gasteiger partial charge in [-0.2, -0.15) is 0 Å². The summed E-state index contributed by atoms with van der Waals surface area (Å²) in [5, 5.41) is 0.752. The summed E-state index contributed by atoms with van der Waals surface area (Å²) in [6.45, 7) is 2.22. The van der Waals surface area contributed by atoms with Crippen molar-refractivity contribution in [1.82, 2.24) is 4.98 Å². The number of aromatic nitrogens is 1. The lowest BCUT2D eigenvalue weighted by Gasteiger charge is -1.96. The molecule has 0 aliphatic heterocycles. The molecule has 2 N–H and O–H groups in total. The van der Waals surface area contributed by atoms with Crippen LogP contribution in [0.5, 0.6) is 0 Å². The molecule has 0 bridgehead atoms. The van der Waals surface area contributed by atoms with Gasteiger partial charge in [-0.25, -0.2) is 4.98 Å². The third-order valence-electron chi connectivity index (χ3n) is 2.62. The summed E-state index contributed by atoms with van der Waals surface area (Å²) >= 11 is 1.68. The summed E-state index contributed by atoms with van der Waals surface area (Å²) in [7, 11) is 0. The Morgan fingerprint density at radius 3 is 3.00 bits per heavy atom. The molecule has 17 heavy (non-hydrogen) atoms. The molecule has 3 nitrogen and oxygen atoms in total. The number of nitrogens with two attached hydrogens (primary N) is 1. The van der Waals surface area contributed by atoms with E-state index in [1.807, 2.05) is 18.2 Å². The standard InChI is InChI=1S/C13H18N2OS/c1-2-3-4-5-8-17-13-15-11-9-10(14)6-7-12(11)16-13/h6-7,9H,2-5,8,14H2,1H3. The molecule has 0 aliphatic carbocycles. The monoisotopic (exact) mass is 250 g/mol. The van der Waals surface area contributed by atoms with Gasteiger partial charge in [0.15, 0.2) is 5.58 Å². The Balaban J connectivity index is 1.91. The largest absolute Gasteiger partial charge is 0.431 e. The Labute approximate surface area is 106 Å². The molecule has 0 saturated carbocycles. The number of rotatable bonds is 6. The maximum Gasteiger partial charge on any atom is 0.256 e. The predicted molar refractivity (Wildman–Crippen MR) is 73.3 cm³/mol. The lowest BCUT2D eigenvalue weighted by Crippen LogP contribution is -1.82. The fourth-order valence-corrected chi connectivity index (χ4v) is 2.51. The van der Waals surface area contributed by atoms with E-state index in [0.717, 1.165) is 27.8 Å². The average Bonchev–Trinajstić information content (AvgIpc) is 2.70. The highest BCUT2D eigenvalue weighted by atomic mass is 32.2. The van der Waals surface area contributed by atoms with Crippen LogP contribution in [0.2, 0.25) is 0 Å². The molecule has 1 aromatic heterocycles. The molecule has 1 heterocycles. The number of benzene rings is 1. The number of unbranched alkanes of at least 4 members (excludes halogenated alkanes) is 3. The summed E-state index contributed by atoms with van der Waals surface area (Å²) in [5.41, 5.74) is 8.09. The van der Waals surface area contributed by atoms with E-state index in [9.17, 15) is 0 Å². The fourth-order valence-electron chi connectivity index (χ4n) is 1.67. The molecule has 0 amide bonds. The van der Waals surface area contributed by atoms with E-state index in [1.54, 1.807) is 11.8 Å². The minimum atomic E-state index is 0.727. The summed E-state index contributed by atoms with van der Waals surface area (Å²) < 4.78 is 5.63. The highest BCUT2D eigenvalue weighted by molar-refractivity contribution is 7.99. The van der Waals surface area contributed by atoms with Crippen LogP contribution in [-0.4, -0.2) is 10.7 Å². The molecular weight excluding hydrogens is 232 g/mol. The molecule has 0 atom stereocenters. The quantitative estimate of drug-likeness (QED) is 0.477. The second-order valence-corrected chi connectivity index (χ2v) is 5.16. The zero-order valence-electron chi connectivity index (χ0n) is 10.1.